The van der Waals surface area contributed by atoms with Gasteiger partial charge in [0, 0.05) is 32.0 Å². The Labute approximate surface area is 148 Å². The molecule has 1 aromatic heterocycles. The molecule has 2 aromatic rings. The van der Waals surface area contributed by atoms with Crippen LogP contribution in [0.3, 0.4) is 0 Å². The second kappa shape index (κ2) is 8.73. The van der Waals surface area contributed by atoms with Crippen molar-refractivity contribution in [3.05, 3.63) is 65.5 Å². The van der Waals surface area contributed by atoms with E-state index in [1.807, 2.05) is 31.2 Å². The van der Waals surface area contributed by atoms with Gasteiger partial charge in [0.25, 0.3) is 0 Å². The van der Waals surface area contributed by atoms with Crippen LogP contribution in [0.4, 0.5) is 0 Å². The molecule has 0 atom stereocenters. The van der Waals surface area contributed by atoms with Gasteiger partial charge in [-0.15, -0.1) is 0 Å². The molecule has 0 bridgehead atoms. The van der Waals surface area contributed by atoms with Gasteiger partial charge in [-0.2, -0.15) is 4.31 Å². The second-order valence-electron chi connectivity index (χ2n) is 5.96. The van der Waals surface area contributed by atoms with Gasteiger partial charge in [0.2, 0.25) is 15.9 Å². The summed E-state index contributed by atoms with van der Waals surface area (Å²) in [5.41, 5.74) is 2.93. The lowest BCUT2D eigenvalue weighted by atomic mass is 10.1. The number of benzene rings is 1. The van der Waals surface area contributed by atoms with Crippen molar-refractivity contribution >= 4 is 15.9 Å². The average Bonchev–Trinajstić information content (AvgIpc) is 2.56. The zero-order valence-electron chi connectivity index (χ0n) is 14.5. The lowest BCUT2D eigenvalue weighted by molar-refractivity contribution is -0.120. The Balaban J connectivity index is 1.86. The third-order valence-corrected chi connectivity index (χ3v) is 5.00. The summed E-state index contributed by atoms with van der Waals surface area (Å²) < 4.78 is 25.2. The fourth-order valence-corrected chi connectivity index (χ4v) is 3.13. The first-order valence-electron chi connectivity index (χ1n) is 8.01. The van der Waals surface area contributed by atoms with E-state index < -0.39 is 10.0 Å². The lowest BCUT2D eigenvalue weighted by Crippen LogP contribution is -2.38. The molecule has 0 spiro atoms. The van der Waals surface area contributed by atoms with Crippen molar-refractivity contribution in [1.82, 2.24) is 14.6 Å². The van der Waals surface area contributed by atoms with Gasteiger partial charge in [0.05, 0.1) is 12.7 Å². The molecule has 1 amide bonds. The number of hydrogen-bond acceptors (Lipinski definition) is 4. The minimum absolute atomic E-state index is 0.124. The molecule has 2 rings (SSSR count). The van der Waals surface area contributed by atoms with E-state index >= 15 is 0 Å². The van der Waals surface area contributed by atoms with Gasteiger partial charge in [-0.25, -0.2) is 8.42 Å². The summed E-state index contributed by atoms with van der Waals surface area (Å²) in [5.74, 6) is -0.124. The number of hydrogen-bond donors (Lipinski definition) is 1. The molecule has 0 aliphatic rings. The maximum absolute atomic E-state index is 12.0. The van der Waals surface area contributed by atoms with E-state index in [2.05, 4.69) is 10.3 Å². The number of sulfonamides is 1. The molecule has 6 nitrogen and oxygen atoms in total. The number of rotatable bonds is 8. The van der Waals surface area contributed by atoms with Crippen LogP contribution in [0.1, 0.15) is 16.7 Å². The first kappa shape index (κ1) is 19.1. The predicted octanol–water partition coefficient (Wildman–Crippen LogP) is 1.51. The van der Waals surface area contributed by atoms with E-state index in [0.29, 0.717) is 0 Å². The molecular formula is C18H23N3O3S. The molecule has 0 saturated heterocycles. The number of nitrogens with one attached hydrogen (secondary N) is 1. The molecule has 0 radical (unpaired) electrons. The molecule has 134 valence electrons. The van der Waals surface area contributed by atoms with Gasteiger partial charge in [-0.3, -0.25) is 9.78 Å². The monoisotopic (exact) mass is 361 g/mol. The third kappa shape index (κ3) is 6.64. The average molecular weight is 361 g/mol. The smallest absolute Gasteiger partial charge is 0.224 e. The highest BCUT2D eigenvalue weighted by molar-refractivity contribution is 7.88. The maximum Gasteiger partial charge on any atom is 0.224 e. The Morgan fingerprint density at radius 2 is 1.72 bits per heavy atom. The minimum atomic E-state index is -3.36. The Kier molecular flexibility index (Phi) is 6.66. The quantitative estimate of drug-likeness (QED) is 0.773. The van der Waals surface area contributed by atoms with Crippen molar-refractivity contribution in [2.24, 2.45) is 0 Å². The van der Waals surface area contributed by atoms with Gasteiger partial charge in [-0.1, -0.05) is 29.8 Å². The fraction of sp³-hybridized carbons (Fsp3) is 0.333. The van der Waals surface area contributed by atoms with Crippen LogP contribution in [0.2, 0.25) is 0 Å². The number of pyridine rings is 1. The van der Waals surface area contributed by atoms with Crippen LogP contribution in [0.5, 0.6) is 0 Å². The topological polar surface area (TPSA) is 79.4 Å². The molecule has 1 heterocycles. The highest BCUT2D eigenvalue weighted by Gasteiger charge is 2.17. The molecule has 7 heteroatoms. The summed E-state index contributed by atoms with van der Waals surface area (Å²) in [5, 5.41) is 2.78. The minimum Gasteiger partial charge on any atom is -0.354 e. The van der Waals surface area contributed by atoms with Crippen LogP contribution in [0, 0.1) is 6.92 Å². The van der Waals surface area contributed by atoms with Crippen LogP contribution in [0.25, 0.3) is 0 Å². The van der Waals surface area contributed by atoms with Gasteiger partial charge >= 0.3 is 0 Å². The van der Waals surface area contributed by atoms with E-state index in [0.717, 1.165) is 16.7 Å². The molecule has 0 unspecified atom stereocenters. The molecule has 25 heavy (non-hydrogen) atoms. The van der Waals surface area contributed by atoms with Crippen LogP contribution in [0.15, 0.2) is 48.8 Å². The SMILES string of the molecule is Cc1ccc(CC(=O)NCCN(Cc2ccncc2)S(C)(=O)=O)cc1. The molecule has 0 aliphatic heterocycles. The number of nitrogens with zero attached hydrogens (tertiary/aromatic N) is 2. The van der Waals surface area contributed by atoms with Crippen molar-refractivity contribution in [3.8, 4) is 0 Å². The molecule has 0 saturated carbocycles. The number of aromatic nitrogens is 1. The van der Waals surface area contributed by atoms with E-state index in [1.165, 1.54) is 10.6 Å². The van der Waals surface area contributed by atoms with E-state index in [1.54, 1.807) is 24.5 Å². The molecule has 1 N–H and O–H groups in total. The standard InChI is InChI=1S/C18H23N3O3S/c1-15-3-5-16(6-4-15)13-18(22)20-11-12-21(25(2,23)24)14-17-7-9-19-10-8-17/h3-10H,11-14H2,1-2H3,(H,20,22). The van der Waals surface area contributed by atoms with Crippen molar-refractivity contribution in [2.45, 2.75) is 19.9 Å². The summed E-state index contributed by atoms with van der Waals surface area (Å²) in [4.78, 5) is 15.9. The zero-order chi connectivity index (χ0) is 18.3. The van der Waals surface area contributed by atoms with Crippen LogP contribution in [-0.4, -0.2) is 43.0 Å². The van der Waals surface area contributed by atoms with Gasteiger partial charge in [-0.05, 0) is 30.2 Å². The van der Waals surface area contributed by atoms with E-state index in [4.69, 9.17) is 0 Å². The number of carbonyl (C=O) groups excluding carboxylic acids is 1. The van der Waals surface area contributed by atoms with E-state index in [-0.39, 0.29) is 32.0 Å². The largest absolute Gasteiger partial charge is 0.354 e. The molecule has 0 aliphatic carbocycles. The van der Waals surface area contributed by atoms with Crippen LogP contribution >= 0.6 is 0 Å². The first-order valence-corrected chi connectivity index (χ1v) is 9.86. The van der Waals surface area contributed by atoms with E-state index in [9.17, 15) is 13.2 Å². The fourth-order valence-electron chi connectivity index (χ4n) is 2.33. The molecular weight excluding hydrogens is 338 g/mol. The summed E-state index contributed by atoms with van der Waals surface area (Å²) in [6, 6.07) is 11.3. The number of amides is 1. The van der Waals surface area contributed by atoms with Crippen molar-refractivity contribution < 1.29 is 13.2 Å². The Morgan fingerprint density at radius 1 is 1.08 bits per heavy atom. The van der Waals surface area contributed by atoms with Gasteiger partial charge in [0.1, 0.15) is 0 Å². The first-order chi connectivity index (χ1) is 11.8. The summed E-state index contributed by atoms with van der Waals surface area (Å²) >= 11 is 0. The maximum atomic E-state index is 12.0. The highest BCUT2D eigenvalue weighted by atomic mass is 32.2. The Morgan fingerprint density at radius 3 is 2.32 bits per heavy atom. The summed E-state index contributed by atoms with van der Waals surface area (Å²) in [7, 11) is -3.36. The predicted molar refractivity (Wildman–Crippen MR) is 97.4 cm³/mol. The lowest BCUT2D eigenvalue weighted by Gasteiger charge is -2.20. The zero-order valence-corrected chi connectivity index (χ0v) is 15.3. The van der Waals surface area contributed by atoms with Crippen molar-refractivity contribution in [2.75, 3.05) is 19.3 Å². The summed E-state index contributed by atoms with van der Waals surface area (Å²) in [6.45, 7) is 2.74. The van der Waals surface area contributed by atoms with Crippen molar-refractivity contribution in [1.29, 1.82) is 0 Å². The van der Waals surface area contributed by atoms with Gasteiger partial charge in [0.15, 0.2) is 0 Å². The Hall–Kier alpha value is -2.25. The summed E-state index contributed by atoms with van der Waals surface area (Å²) in [6.07, 6.45) is 4.70. The molecule has 0 fully saturated rings. The number of aryl methyl sites for hydroxylation is 1. The Bertz CT molecular complexity index is 790. The molecule has 1 aromatic carbocycles. The number of carbonyl (C=O) groups is 1. The van der Waals surface area contributed by atoms with Crippen LogP contribution < -0.4 is 5.32 Å². The van der Waals surface area contributed by atoms with Crippen LogP contribution in [-0.2, 0) is 27.8 Å². The van der Waals surface area contributed by atoms with Crippen molar-refractivity contribution in [3.63, 3.8) is 0 Å². The van der Waals surface area contributed by atoms with Gasteiger partial charge < -0.3 is 5.32 Å². The third-order valence-electron chi connectivity index (χ3n) is 3.75. The normalized spacial score (nSPS) is 11.5. The highest BCUT2D eigenvalue weighted by Crippen LogP contribution is 2.07. The second-order valence-corrected chi connectivity index (χ2v) is 7.95.